The summed E-state index contributed by atoms with van der Waals surface area (Å²) in [6.45, 7) is 1.66. The Bertz CT molecular complexity index is 542. The lowest BCUT2D eigenvalue weighted by Crippen LogP contribution is -2.59. The first kappa shape index (κ1) is 13.1. The van der Waals surface area contributed by atoms with E-state index in [2.05, 4.69) is 5.32 Å². The largest absolute Gasteiger partial charge is 0.398 e. The van der Waals surface area contributed by atoms with Gasteiger partial charge in [-0.1, -0.05) is 19.1 Å². The minimum atomic E-state index is -0.634. The molecule has 0 bridgehead atoms. The molecule has 3 N–H and O–H groups in total. The standard InChI is InChI=1S/C13H15N3O3/c1-2-10-12(18)15-11(17)7-16(10)13(19)8-5-3-4-6-9(8)14/h3-6,10H,2,7,14H2,1H3,(H,15,17,18). The van der Waals surface area contributed by atoms with E-state index < -0.39 is 23.8 Å². The van der Waals surface area contributed by atoms with E-state index in [0.717, 1.165) is 0 Å². The zero-order valence-electron chi connectivity index (χ0n) is 10.6. The van der Waals surface area contributed by atoms with Gasteiger partial charge in [0.25, 0.3) is 5.91 Å². The highest BCUT2D eigenvalue weighted by molar-refractivity contribution is 6.08. The van der Waals surface area contributed by atoms with Gasteiger partial charge in [0.05, 0.1) is 5.56 Å². The second-order valence-electron chi connectivity index (χ2n) is 4.36. The molecular formula is C13H15N3O3. The Kier molecular flexibility index (Phi) is 3.50. The van der Waals surface area contributed by atoms with Crippen LogP contribution in [0.4, 0.5) is 5.69 Å². The third-order valence-electron chi connectivity index (χ3n) is 3.09. The number of hydrogen-bond donors (Lipinski definition) is 2. The summed E-state index contributed by atoms with van der Waals surface area (Å²) in [5.41, 5.74) is 6.39. The number of nitrogens with one attached hydrogen (secondary N) is 1. The van der Waals surface area contributed by atoms with E-state index in [-0.39, 0.29) is 6.54 Å². The molecule has 6 heteroatoms. The average Bonchev–Trinajstić information content (AvgIpc) is 2.37. The topological polar surface area (TPSA) is 92.5 Å². The number of nitrogens with zero attached hydrogens (tertiary/aromatic N) is 1. The maximum absolute atomic E-state index is 12.4. The predicted octanol–water partition coefficient (Wildman–Crippen LogP) is 0.146. The number of anilines is 1. The second kappa shape index (κ2) is 5.09. The van der Waals surface area contributed by atoms with Gasteiger partial charge in [0.1, 0.15) is 12.6 Å². The van der Waals surface area contributed by atoms with Crippen LogP contribution in [0.5, 0.6) is 0 Å². The van der Waals surface area contributed by atoms with Gasteiger partial charge in [0, 0.05) is 5.69 Å². The lowest BCUT2D eigenvalue weighted by atomic mass is 10.1. The Morgan fingerprint density at radius 3 is 2.74 bits per heavy atom. The minimum absolute atomic E-state index is 0.128. The molecule has 1 saturated heterocycles. The maximum atomic E-state index is 12.4. The van der Waals surface area contributed by atoms with Crippen molar-refractivity contribution in [1.82, 2.24) is 10.2 Å². The van der Waals surface area contributed by atoms with Crippen molar-refractivity contribution in [3.8, 4) is 0 Å². The monoisotopic (exact) mass is 261 g/mol. The number of hydrogen-bond acceptors (Lipinski definition) is 4. The van der Waals surface area contributed by atoms with Crippen molar-refractivity contribution in [3.05, 3.63) is 29.8 Å². The summed E-state index contributed by atoms with van der Waals surface area (Å²) in [6.07, 6.45) is 0.442. The van der Waals surface area contributed by atoms with Crippen LogP contribution in [0.1, 0.15) is 23.7 Å². The molecule has 1 aromatic rings. The summed E-state index contributed by atoms with van der Waals surface area (Å²) in [5.74, 6) is -1.31. The molecule has 1 unspecified atom stereocenters. The van der Waals surface area contributed by atoms with Gasteiger partial charge in [-0.3, -0.25) is 19.7 Å². The highest BCUT2D eigenvalue weighted by Crippen LogP contribution is 2.18. The van der Waals surface area contributed by atoms with E-state index in [1.54, 1.807) is 31.2 Å². The Hall–Kier alpha value is -2.37. The van der Waals surface area contributed by atoms with Crippen LogP contribution in [0.15, 0.2) is 24.3 Å². The van der Waals surface area contributed by atoms with Crippen molar-refractivity contribution in [2.24, 2.45) is 0 Å². The van der Waals surface area contributed by atoms with Crippen LogP contribution in [0.2, 0.25) is 0 Å². The van der Waals surface area contributed by atoms with Crippen LogP contribution in [0, 0.1) is 0 Å². The number of benzene rings is 1. The zero-order valence-corrected chi connectivity index (χ0v) is 10.6. The molecule has 3 amide bonds. The summed E-state index contributed by atoms with van der Waals surface area (Å²) in [7, 11) is 0. The minimum Gasteiger partial charge on any atom is -0.398 e. The van der Waals surface area contributed by atoms with Crippen LogP contribution in [0.25, 0.3) is 0 Å². The fourth-order valence-corrected chi connectivity index (χ4v) is 2.13. The van der Waals surface area contributed by atoms with Gasteiger partial charge in [-0.2, -0.15) is 0 Å². The maximum Gasteiger partial charge on any atom is 0.257 e. The first-order valence-electron chi connectivity index (χ1n) is 6.03. The fraction of sp³-hybridized carbons (Fsp3) is 0.308. The number of nitrogens with two attached hydrogens (primary N) is 1. The average molecular weight is 261 g/mol. The Balaban J connectivity index is 2.33. The molecule has 0 saturated carbocycles. The molecule has 6 nitrogen and oxygen atoms in total. The lowest BCUT2D eigenvalue weighted by Gasteiger charge is -2.33. The van der Waals surface area contributed by atoms with Crippen LogP contribution in [0.3, 0.4) is 0 Å². The first-order valence-corrected chi connectivity index (χ1v) is 6.03. The van der Waals surface area contributed by atoms with Crippen LogP contribution >= 0.6 is 0 Å². The van der Waals surface area contributed by atoms with Crippen molar-refractivity contribution >= 4 is 23.4 Å². The normalized spacial score (nSPS) is 19.2. The number of nitrogen functional groups attached to an aromatic ring is 1. The van der Waals surface area contributed by atoms with Crippen molar-refractivity contribution in [2.45, 2.75) is 19.4 Å². The summed E-state index contributed by atoms with van der Waals surface area (Å²) < 4.78 is 0. The third kappa shape index (κ3) is 2.42. The van der Waals surface area contributed by atoms with Crippen molar-refractivity contribution in [2.75, 3.05) is 12.3 Å². The molecule has 1 aromatic carbocycles. The Labute approximate surface area is 110 Å². The molecule has 1 aliphatic heterocycles. The molecule has 0 radical (unpaired) electrons. The van der Waals surface area contributed by atoms with Crippen molar-refractivity contribution in [1.29, 1.82) is 0 Å². The van der Waals surface area contributed by atoms with Gasteiger partial charge in [0.2, 0.25) is 11.8 Å². The van der Waals surface area contributed by atoms with E-state index in [0.29, 0.717) is 17.7 Å². The van der Waals surface area contributed by atoms with Gasteiger partial charge < -0.3 is 10.6 Å². The van der Waals surface area contributed by atoms with Gasteiger partial charge in [-0.05, 0) is 18.6 Å². The highest BCUT2D eigenvalue weighted by atomic mass is 16.2. The molecular weight excluding hydrogens is 246 g/mol. The van der Waals surface area contributed by atoms with Gasteiger partial charge in [-0.25, -0.2) is 0 Å². The van der Waals surface area contributed by atoms with Crippen molar-refractivity contribution in [3.63, 3.8) is 0 Å². The Morgan fingerprint density at radius 2 is 2.11 bits per heavy atom. The number of para-hydroxylation sites is 1. The van der Waals surface area contributed by atoms with E-state index in [9.17, 15) is 14.4 Å². The van der Waals surface area contributed by atoms with E-state index in [1.807, 2.05) is 0 Å². The quantitative estimate of drug-likeness (QED) is 0.585. The molecule has 19 heavy (non-hydrogen) atoms. The predicted molar refractivity (Wildman–Crippen MR) is 69.1 cm³/mol. The molecule has 100 valence electrons. The number of carbonyl (C=O) groups excluding carboxylic acids is 3. The van der Waals surface area contributed by atoms with E-state index in [4.69, 9.17) is 5.73 Å². The lowest BCUT2D eigenvalue weighted by molar-refractivity contribution is -0.138. The summed E-state index contributed by atoms with van der Waals surface area (Å²) in [5, 5.41) is 2.23. The number of amides is 3. The van der Waals surface area contributed by atoms with Crippen LogP contribution < -0.4 is 11.1 Å². The zero-order chi connectivity index (χ0) is 14.0. The second-order valence-corrected chi connectivity index (χ2v) is 4.36. The smallest absolute Gasteiger partial charge is 0.257 e. The first-order chi connectivity index (χ1) is 9.04. The van der Waals surface area contributed by atoms with Crippen LogP contribution in [-0.2, 0) is 9.59 Å². The molecule has 0 spiro atoms. The molecule has 1 aliphatic rings. The number of rotatable bonds is 2. The number of carbonyl (C=O) groups is 3. The summed E-state index contributed by atoms with van der Waals surface area (Å²) >= 11 is 0. The molecule has 0 aliphatic carbocycles. The SMILES string of the molecule is CCC1C(=O)NC(=O)CN1C(=O)c1ccccc1N. The molecule has 1 heterocycles. The van der Waals surface area contributed by atoms with E-state index in [1.165, 1.54) is 4.90 Å². The summed E-state index contributed by atoms with van der Waals surface area (Å²) in [6, 6.07) is 5.97. The Morgan fingerprint density at radius 1 is 1.42 bits per heavy atom. The van der Waals surface area contributed by atoms with Gasteiger partial charge in [-0.15, -0.1) is 0 Å². The fourth-order valence-electron chi connectivity index (χ4n) is 2.13. The van der Waals surface area contributed by atoms with Crippen molar-refractivity contribution < 1.29 is 14.4 Å². The summed E-state index contributed by atoms with van der Waals surface area (Å²) in [4.78, 5) is 36.8. The van der Waals surface area contributed by atoms with Gasteiger partial charge in [0.15, 0.2) is 0 Å². The van der Waals surface area contributed by atoms with Crippen LogP contribution in [-0.4, -0.2) is 35.2 Å². The third-order valence-corrected chi connectivity index (χ3v) is 3.09. The number of imide groups is 1. The molecule has 1 fully saturated rings. The van der Waals surface area contributed by atoms with E-state index >= 15 is 0 Å². The molecule has 0 aromatic heterocycles. The molecule has 1 atom stereocenters. The van der Waals surface area contributed by atoms with Gasteiger partial charge >= 0.3 is 0 Å². The molecule has 2 rings (SSSR count). The number of piperazine rings is 1. The highest BCUT2D eigenvalue weighted by Gasteiger charge is 2.36.